The third-order valence-corrected chi connectivity index (χ3v) is 8.67. The van der Waals surface area contributed by atoms with Crippen LogP contribution in [0.5, 0.6) is 0 Å². The van der Waals surface area contributed by atoms with Crippen LogP contribution in [0.15, 0.2) is 23.8 Å². The Hall–Kier alpha value is -1.60. The Kier molecular flexibility index (Phi) is 4.65. The number of hydrogen-bond acceptors (Lipinski definition) is 5. The van der Waals surface area contributed by atoms with Gasteiger partial charge in [-0.2, -0.15) is 0 Å². The van der Waals surface area contributed by atoms with Gasteiger partial charge < -0.3 is 14.9 Å². The maximum Gasteiger partial charge on any atom is 0.308 e. The van der Waals surface area contributed by atoms with Crippen molar-refractivity contribution >= 4 is 11.8 Å². The van der Waals surface area contributed by atoms with Crippen LogP contribution in [0, 0.1) is 28.6 Å². The summed E-state index contributed by atoms with van der Waals surface area (Å²) in [7, 11) is 0. The molecule has 3 fully saturated rings. The van der Waals surface area contributed by atoms with E-state index in [-0.39, 0.29) is 24.8 Å². The number of aliphatic hydroxyl groups is 2. The van der Waals surface area contributed by atoms with Crippen LogP contribution in [0.1, 0.15) is 53.4 Å². The topological polar surface area (TPSA) is 83.8 Å². The minimum Gasteiger partial charge on any atom is -0.432 e. The van der Waals surface area contributed by atoms with Gasteiger partial charge in [-0.05, 0) is 49.8 Å². The SMILES string of the molecule is CCC(=O)O[C@]1(O)[C@H](C)C[C@H]2C3C[C@H](F)C4=CC(=O)C=C[C@]4(C)[C@@]3(F)[C@@H](O)C[C@@]21C. The third-order valence-electron chi connectivity index (χ3n) is 8.67. The van der Waals surface area contributed by atoms with Crippen LogP contribution >= 0.6 is 0 Å². The molecule has 0 aromatic heterocycles. The van der Waals surface area contributed by atoms with Crippen LogP contribution in [-0.4, -0.2) is 45.7 Å². The van der Waals surface area contributed by atoms with E-state index in [1.165, 1.54) is 19.1 Å². The maximum atomic E-state index is 16.9. The summed E-state index contributed by atoms with van der Waals surface area (Å²) >= 11 is 0. The number of allylic oxidation sites excluding steroid dienone is 4. The lowest BCUT2D eigenvalue weighted by atomic mass is 9.45. The van der Waals surface area contributed by atoms with Gasteiger partial charge >= 0.3 is 5.97 Å². The number of hydrogen-bond donors (Lipinski definition) is 2. The van der Waals surface area contributed by atoms with Gasteiger partial charge in [0.25, 0.3) is 0 Å². The molecule has 1 unspecified atom stereocenters. The van der Waals surface area contributed by atoms with E-state index in [1.54, 1.807) is 20.8 Å². The molecule has 9 atom stereocenters. The normalized spacial score (nSPS) is 52.2. The summed E-state index contributed by atoms with van der Waals surface area (Å²) in [6, 6.07) is 0. The molecule has 2 N–H and O–H groups in total. The molecule has 3 saturated carbocycles. The van der Waals surface area contributed by atoms with Crippen molar-refractivity contribution in [2.45, 2.75) is 77.1 Å². The highest BCUT2D eigenvalue weighted by atomic mass is 19.1. The van der Waals surface area contributed by atoms with Gasteiger partial charge in [-0.15, -0.1) is 0 Å². The summed E-state index contributed by atoms with van der Waals surface area (Å²) in [4.78, 5) is 23.9. The number of carbonyl (C=O) groups excluding carboxylic acids is 2. The average Bonchev–Trinajstić information content (AvgIpc) is 2.86. The molecular weight excluding hydrogens is 394 g/mol. The number of ketones is 1. The number of halogens is 2. The standard InChI is InChI=1S/C23H30F2O5/c1-5-19(28)30-23(29)12(2)8-14-15-10-17(24)16-9-13(26)6-7-20(16,3)22(15,25)18(27)11-21(14,23)4/h6-7,9,12,14-15,17-18,27,29H,5,8,10-11H2,1-4H3/t12-,14+,15?,17+,18+,20+,21+,22+,23-/m1/s1. The molecular formula is C23H30F2O5. The van der Waals surface area contributed by atoms with Gasteiger partial charge in [0.05, 0.1) is 6.10 Å². The molecule has 7 heteroatoms. The van der Waals surface area contributed by atoms with Gasteiger partial charge in [-0.1, -0.05) is 26.8 Å². The Balaban J connectivity index is 1.82. The van der Waals surface area contributed by atoms with Crippen LogP contribution < -0.4 is 0 Å². The van der Waals surface area contributed by atoms with Crippen LogP contribution in [0.4, 0.5) is 8.78 Å². The summed E-state index contributed by atoms with van der Waals surface area (Å²) in [5.74, 6) is -4.73. The van der Waals surface area contributed by atoms with E-state index < -0.39 is 64.1 Å². The van der Waals surface area contributed by atoms with E-state index in [2.05, 4.69) is 0 Å². The molecule has 0 radical (unpaired) electrons. The number of esters is 1. The molecule has 0 saturated heterocycles. The van der Waals surface area contributed by atoms with Gasteiger partial charge in [-0.25, -0.2) is 8.78 Å². The quantitative estimate of drug-likeness (QED) is 0.525. The molecule has 30 heavy (non-hydrogen) atoms. The fraction of sp³-hybridized carbons (Fsp3) is 0.739. The third kappa shape index (κ3) is 2.39. The first kappa shape index (κ1) is 21.6. The number of alkyl halides is 2. The Morgan fingerprint density at radius 3 is 2.60 bits per heavy atom. The molecule has 0 aromatic rings. The van der Waals surface area contributed by atoms with Gasteiger partial charge in [0, 0.05) is 29.1 Å². The van der Waals surface area contributed by atoms with Crippen molar-refractivity contribution in [3.05, 3.63) is 23.8 Å². The van der Waals surface area contributed by atoms with Gasteiger partial charge in [0.15, 0.2) is 11.5 Å². The van der Waals surface area contributed by atoms with Crippen molar-refractivity contribution in [2.75, 3.05) is 0 Å². The zero-order valence-corrected chi connectivity index (χ0v) is 17.8. The van der Waals surface area contributed by atoms with E-state index >= 15 is 8.78 Å². The molecule has 0 bridgehead atoms. The molecule has 0 amide bonds. The Morgan fingerprint density at radius 2 is 1.97 bits per heavy atom. The van der Waals surface area contributed by atoms with Gasteiger partial charge in [-0.3, -0.25) is 9.59 Å². The molecule has 166 valence electrons. The smallest absolute Gasteiger partial charge is 0.308 e. The van der Waals surface area contributed by atoms with Crippen LogP contribution in [0.25, 0.3) is 0 Å². The van der Waals surface area contributed by atoms with Crippen molar-refractivity contribution in [3.8, 4) is 0 Å². The highest BCUT2D eigenvalue weighted by Crippen LogP contribution is 2.71. The van der Waals surface area contributed by atoms with Crippen LogP contribution in [-0.2, 0) is 14.3 Å². The van der Waals surface area contributed by atoms with Crippen molar-refractivity contribution in [3.63, 3.8) is 0 Å². The minimum absolute atomic E-state index is 0.0649. The highest BCUT2D eigenvalue weighted by molar-refractivity contribution is 6.01. The lowest BCUT2D eigenvalue weighted by Crippen LogP contribution is -2.70. The monoisotopic (exact) mass is 424 g/mol. The molecule has 4 aliphatic carbocycles. The molecule has 0 aromatic carbocycles. The fourth-order valence-corrected chi connectivity index (χ4v) is 6.97. The molecule has 5 nitrogen and oxygen atoms in total. The lowest BCUT2D eigenvalue weighted by Gasteiger charge is -2.62. The second-order valence-corrected chi connectivity index (χ2v) is 10.0. The van der Waals surface area contributed by atoms with E-state index in [1.807, 2.05) is 0 Å². The number of rotatable bonds is 2. The second-order valence-electron chi connectivity index (χ2n) is 10.0. The first-order chi connectivity index (χ1) is 13.8. The van der Waals surface area contributed by atoms with Gasteiger partial charge in [0.2, 0.25) is 5.79 Å². The molecule has 4 rings (SSSR count). The molecule has 0 aliphatic heterocycles. The van der Waals surface area contributed by atoms with Crippen molar-refractivity contribution < 1.29 is 33.3 Å². The number of aliphatic hydroxyl groups excluding tert-OH is 1. The van der Waals surface area contributed by atoms with E-state index in [9.17, 15) is 19.8 Å². The van der Waals surface area contributed by atoms with E-state index in [0.717, 1.165) is 6.08 Å². The zero-order chi connectivity index (χ0) is 22.3. The Bertz CT molecular complexity index is 855. The summed E-state index contributed by atoms with van der Waals surface area (Å²) in [5.41, 5.74) is -4.73. The lowest BCUT2D eigenvalue weighted by molar-refractivity contribution is -0.298. The van der Waals surface area contributed by atoms with Crippen molar-refractivity contribution in [1.29, 1.82) is 0 Å². The average molecular weight is 424 g/mol. The van der Waals surface area contributed by atoms with Crippen LogP contribution in [0.2, 0.25) is 0 Å². The van der Waals surface area contributed by atoms with Crippen molar-refractivity contribution in [1.82, 2.24) is 0 Å². The van der Waals surface area contributed by atoms with Gasteiger partial charge in [0.1, 0.15) is 6.17 Å². The number of fused-ring (bicyclic) bond motifs is 5. The summed E-state index contributed by atoms with van der Waals surface area (Å²) < 4.78 is 37.7. The highest BCUT2D eigenvalue weighted by Gasteiger charge is 2.76. The fourth-order valence-electron chi connectivity index (χ4n) is 6.97. The first-order valence-electron chi connectivity index (χ1n) is 10.8. The zero-order valence-electron chi connectivity index (χ0n) is 17.8. The number of carbonyl (C=O) groups is 2. The molecule has 0 spiro atoms. The molecule has 0 heterocycles. The summed E-state index contributed by atoms with van der Waals surface area (Å²) in [5, 5.41) is 22.6. The van der Waals surface area contributed by atoms with Crippen molar-refractivity contribution in [2.24, 2.45) is 28.6 Å². The predicted molar refractivity (Wildman–Crippen MR) is 105 cm³/mol. The summed E-state index contributed by atoms with van der Waals surface area (Å²) in [6.07, 6.45) is 0.803. The van der Waals surface area contributed by atoms with E-state index in [4.69, 9.17) is 4.74 Å². The molecule has 4 aliphatic rings. The first-order valence-corrected chi connectivity index (χ1v) is 10.8. The number of ether oxygens (including phenoxy) is 1. The Labute approximate surface area is 175 Å². The second kappa shape index (κ2) is 6.45. The summed E-state index contributed by atoms with van der Waals surface area (Å²) in [6.45, 7) is 6.59. The predicted octanol–water partition coefficient (Wildman–Crippen LogP) is 3.19. The van der Waals surface area contributed by atoms with E-state index in [0.29, 0.717) is 6.42 Å². The van der Waals surface area contributed by atoms with Crippen LogP contribution in [0.3, 0.4) is 0 Å². The maximum absolute atomic E-state index is 16.9. The largest absolute Gasteiger partial charge is 0.432 e. The minimum atomic E-state index is -2.21. The Morgan fingerprint density at radius 1 is 1.30 bits per heavy atom.